The Morgan fingerprint density at radius 3 is 2.53 bits per heavy atom. The zero-order valence-corrected chi connectivity index (χ0v) is 11.1. The smallest absolute Gasteiger partial charge is 0.100 e. The first-order valence-electron chi connectivity index (χ1n) is 6.49. The van der Waals surface area contributed by atoms with Crippen LogP contribution in [0.2, 0.25) is 0 Å². The highest BCUT2D eigenvalue weighted by atomic mass is 14.3. The van der Waals surface area contributed by atoms with Gasteiger partial charge in [-0.2, -0.15) is 5.26 Å². The number of hydrogen-bond donors (Lipinski definition) is 0. The molecule has 0 amide bonds. The van der Waals surface area contributed by atoms with E-state index in [9.17, 15) is 5.26 Å². The molecule has 0 saturated heterocycles. The van der Waals surface area contributed by atoms with Crippen LogP contribution in [0.4, 0.5) is 0 Å². The molecule has 0 aliphatic heterocycles. The third kappa shape index (κ3) is 1.77. The summed E-state index contributed by atoms with van der Waals surface area (Å²) < 4.78 is 0. The number of nitriles is 1. The molecule has 0 aromatic heterocycles. The standard InChI is InChI=1S/C18H15N/c1-12-7-9-15(13(12)2)17-10-8-14-5-3-4-6-16(14)18(17)11-19/h3-10,15H,1-2H3. The largest absolute Gasteiger partial charge is 0.192 e. The van der Waals surface area contributed by atoms with Crippen molar-refractivity contribution in [3.63, 3.8) is 0 Å². The van der Waals surface area contributed by atoms with Crippen molar-refractivity contribution in [2.24, 2.45) is 0 Å². The monoisotopic (exact) mass is 245 g/mol. The lowest BCUT2D eigenvalue weighted by atomic mass is 9.88. The van der Waals surface area contributed by atoms with Crippen molar-refractivity contribution in [3.05, 3.63) is 70.8 Å². The normalized spacial score (nSPS) is 18.1. The summed E-state index contributed by atoms with van der Waals surface area (Å²) in [5.41, 5.74) is 4.57. The van der Waals surface area contributed by atoms with Gasteiger partial charge in [-0.1, -0.05) is 59.7 Å². The predicted molar refractivity (Wildman–Crippen MR) is 78.9 cm³/mol. The molecule has 0 fully saturated rings. The zero-order valence-electron chi connectivity index (χ0n) is 11.1. The molecule has 2 aromatic carbocycles. The fourth-order valence-electron chi connectivity index (χ4n) is 2.77. The van der Waals surface area contributed by atoms with Crippen LogP contribution in [0.1, 0.15) is 30.9 Å². The number of hydrogen-bond acceptors (Lipinski definition) is 1. The molecule has 92 valence electrons. The molecule has 0 heterocycles. The Morgan fingerprint density at radius 1 is 1.05 bits per heavy atom. The molecule has 0 spiro atoms. The molecule has 2 aromatic rings. The summed E-state index contributed by atoms with van der Waals surface area (Å²) in [5.74, 6) is 0.249. The summed E-state index contributed by atoms with van der Waals surface area (Å²) in [6.07, 6.45) is 4.34. The topological polar surface area (TPSA) is 23.8 Å². The average molecular weight is 245 g/mol. The lowest BCUT2D eigenvalue weighted by molar-refractivity contribution is 1.00. The van der Waals surface area contributed by atoms with Gasteiger partial charge in [0.05, 0.1) is 5.56 Å². The molecule has 0 saturated carbocycles. The molecule has 1 atom stereocenters. The molecule has 0 radical (unpaired) electrons. The molecule has 1 heteroatoms. The SMILES string of the molecule is CC1=C(C)C(c2ccc3ccccc3c2C#N)C=C1. The van der Waals surface area contributed by atoms with Gasteiger partial charge in [-0.15, -0.1) is 0 Å². The zero-order chi connectivity index (χ0) is 13.4. The van der Waals surface area contributed by atoms with E-state index in [0.717, 1.165) is 21.9 Å². The van der Waals surface area contributed by atoms with Gasteiger partial charge in [-0.25, -0.2) is 0 Å². The minimum Gasteiger partial charge on any atom is -0.192 e. The van der Waals surface area contributed by atoms with Gasteiger partial charge < -0.3 is 0 Å². The highest BCUT2D eigenvalue weighted by molar-refractivity contribution is 5.89. The van der Waals surface area contributed by atoms with Crippen LogP contribution in [0.25, 0.3) is 10.8 Å². The van der Waals surface area contributed by atoms with Crippen molar-refractivity contribution in [2.75, 3.05) is 0 Å². The van der Waals surface area contributed by atoms with Crippen LogP contribution in [0, 0.1) is 11.3 Å². The molecule has 1 aliphatic rings. The molecule has 3 rings (SSSR count). The summed E-state index contributed by atoms with van der Waals surface area (Å²) in [6, 6.07) is 14.7. The van der Waals surface area contributed by atoms with Gasteiger partial charge in [0.2, 0.25) is 0 Å². The van der Waals surface area contributed by atoms with Crippen LogP contribution in [0.5, 0.6) is 0 Å². The summed E-state index contributed by atoms with van der Waals surface area (Å²) in [7, 11) is 0. The van der Waals surface area contributed by atoms with Gasteiger partial charge in [0.25, 0.3) is 0 Å². The fourth-order valence-corrected chi connectivity index (χ4v) is 2.77. The van der Waals surface area contributed by atoms with E-state index in [0.29, 0.717) is 0 Å². The molecule has 1 aliphatic carbocycles. The summed E-state index contributed by atoms with van der Waals surface area (Å²) in [5, 5.41) is 11.7. The maximum Gasteiger partial charge on any atom is 0.100 e. The summed E-state index contributed by atoms with van der Waals surface area (Å²) >= 11 is 0. The minimum atomic E-state index is 0.249. The van der Waals surface area contributed by atoms with Crippen molar-refractivity contribution >= 4 is 10.8 Å². The van der Waals surface area contributed by atoms with Crippen LogP contribution in [-0.4, -0.2) is 0 Å². The van der Waals surface area contributed by atoms with Crippen LogP contribution in [0.15, 0.2) is 59.7 Å². The Morgan fingerprint density at radius 2 is 1.84 bits per heavy atom. The number of rotatable bonds is 1. The lowest BCUT2D eigenvalue weighted by Crippen LogP contribution is -1.99. The van der Waals surface area contributed by atoms with E-state index in [4.69, 9.17) is 0 Å². The first-order chi connectivity index (χ1) is 9.22. The van der Waals surface area contributed by atoms with Gasteiger partial charge in [0, 0.05) is 5.92 Å². The minimum absolute atomic E-state index is 0.249. The molecule has 1 nitrogen and oxygen atoms in total. The molecular formula is C18H15N. The second-order valence-electron chi connectivity index (χ2n) is 5.07. The molecule has 0 N–H and O–H groups in total. The Hall–Kier alpha value is -2.33. The Labute approximate surface area is 113 Å². The van der Waals surface area contributed by atoms with Gasteiger partial charge in [-0.05, 0) is 30.2 Å². The van der Waals surface area contributed by atoms with Gasteiger partial charge in [-0.3, -0.25) is 0 Å². The van der Waals surface area contributed by atoms with E-state index in [2.05, 4.69) is 50.3 Å². The Kier molecular flexibility index (Phi) is 2.72. The highest BCUT2D eigenvalue weighted by Crippen LogP contribution is 2.37. The van der Waals surface area contributed by atoms with E-state index >= 15 is 0 Å². The van der Waals surface area contributed by atoms with Crippen molar-refractivity contribution in [1.29, 1.82) is 5.26 Å². The maximum atomic E-state index is 9.54. The van der Waals surface area contributed by atoms with E-state index in [1.807, 2.05) is 18.2 Å². The molecule has 1 unspecified atom stereocenters. The summed E-state index contributed by atoms with van der Waals surface area (Å²) in [6.45, 7) is 4.27. The maximum absolute atomic E-state index is 9.54. The Balaban J connectivity index is 2.27. The quantitative estimate of drug-likeness (QED) is 0.714. The van der Waals surface area contributed by atoms with E-state index in [1.165, 1.54) is 11.1 Å². The summed E-state index contributed by atoms with van der Waals surface area (Å²) in [4.78, 5) is 0. The number of fused-ring (bicyclic) bond motifs is 1. The average Bonchev–Trinajstić information content (AvgIpc) is 2.77. The first kappa shape index (κ1) is 11.7. The van der Waals surface area contributed by atoms with Crippen molar-refractivity contribution in [2.45, 2.75) is 19.8 Å². The lowest BCUT2D eigenvalue weighted by Gasteiger charge is -2.15. The second kappa shape index (κ2) is 4.40. The van der Waals surface area contributed by atoms with E-state index in [-0.39, 0.29) is 5.92 Å². The number of allylic oxidation sites excluding steroid dienone is 4. The first-order valence-corrected chi connectivity index (χ1v) is 6.49. The van der Waals surface area contributed by atoms with E-state index in [1.54, 1.807) is 0 Å². The predicted octanol–water partition coefficient (Wildman–Crippen LogP) is 4.70. The van der Waals surface area contributed by atoms with Crippen LogP contribution < -0.4 is 0 Å². The molecular weight excluding hydrogens is 230 g/mol. The highest BCUT2D eigenvalue weighted by Gasteiger charge is 2.20. The third-order valence-corrected chi connectivity index (χ3v) is 4.04. The second-order valence-corrected chi connectivity index (χ2v) is 5.07. The van der Waals surface area contributed by atoms with Gasteiger partial charge >= 0.3 is 0 Å². The fraction of sp³-hybridized carbons (Fsp3) is 0.167. The molecule has 19 heavy (non-hydrogen) atoms. The van der Waals surface area contributed by atoms with Gasteiger partial charge in [0.1, 0.15) is 6.07 Å². The number of benzene rings is 2. The van der Waals surface area contributed by atoms with E-state index < -0.39 is 0 Å². The molecule has 0 bridgehead atoms. The Bertz CT molecular complexity index is 757. The van der Waals surface area contributed by atoms with Crippen LogP contribution in [-0.2, 0) is 0 Å². The van der Waals surface area contributed by atoms with Crippen LogP contribution >= 0.6 is 0 Å². The van der Waals surface area contributed by atoms with Crippen molar-refractivity contribution < 1.29 is 0 Å². The third-order valence-electron chi connectivity index (χ3n) is 4.04. The van der Waals surface area contributed by atoms with Crippen molar-refractivity contribution in [1.82, 2.24) is 0 Å². The number of nitrogens with zero attached hydrogens (tertiary/aromatic N) is 1. The van der Waals surface area contributed by atoms with Crippen LogP contribution in [0.3, 0.4) is 0 Å². The van der Waals surface area contributed by atoms with Gasteiger partial charge in [0.15, 0.2) is 0 Å². The van der Waals surface area contributed by atoms with Crippen molar-refractivity contribution in [3.8, 4) is 6.07 Å².